The molecule has 0 bridgehead atoms. The summed E-state index contributed by atoms with van der Waals surface area (Å²) in [5.74, 6) is 0.290. The smallest absolute Gasteiger partial charge is 0.410 e. The van der Waals surface area contributed by atoms with Crippen molar-refractivity contribution in [3.63, 3.8) is 0 Å². The molecule has 9 heteroatoms. The van der Waals surface area contributed by atoms with Crippen LogP contribution in [0, 0.1) is 0 Å². The van der Waals surface area contributed by atoms with Gasteiger partial charge in [-0.15, -0.1) is 0 Å². The van der Waals surface area contributed by atoms with Crippen molar-refractivity contribution in [1.29, 1.82) is 0 Å². The topological polar surface area (TPSA) is 91.5 Å². The van der Waals surface area contributed by atoms with Crippen molar-refractivity contribution in [2.45, 2.75) is 62.9 Å². The molecule has 2 heterocycles. The number of aromatic nitrogens is 1. The zero-order chi connectivity index (χ0) is 25.9. The zero-order valence-corrected chi connectivity index (χ0v) is 22.6. The van der Waals surface area contributed by atoms with Crippen molar-refractivity contribution in [3.05, 3.63) is 64.8 Å². The molecule has 1 saturated heterocycles. The normalized spacial score (nSPS) is 15.4. The molecular formula is C27H34ClN3O4S. The van der Waals surface area contributed by atoms with Crippen molar-refractivity contribution in [2.75, 3.05) is 19.6 Å². The van der Waals surface area contributed by atoms with Gasteiger partial charge >= 0.3 is 6.09 Å². The number of likely N-dealkylation sites (tertiary alicyclic amines) is 1. The van der Waals surface area contributed by atoms with Gasteiger partial charge in [0.2, 0.25) is 10.0 Å². The van der Waals surface area contributed by atoms with Crippen molar-refractivity contribution in [2.24, 2.45) is 0 Å². The first kappa shape index (κ1) is 26.5. The highest BCUT2D eigenvalue weighted by atomic mass is 35.5. The summed E-state index contributed by atoms with van der Waals surface area (Å²) in [6.07, 6.45) is 4.73. The molecule has 0 aliphatic carbocycles. The summed E-state index contributed by atoms with van der Waals surface area (Å²) in [6.45, 7) is 7.20. The van der Waals surface area contributed by atoms with Crippen molar-refractivity contribution in [1.82, 2.24) is 14.6 Å². The van der Waals surface area contributed by atoms with Gasteiger partial charge in [0.15, 0.2) is 0 Å². The number of aryl methyl sites for hydroxylation is 1. The fraction of sp³-hybridized carbons (Fsp3) is 0.444. The summed E-state index contributed by atoms with van der Waals surface area (Å²) in [4.78, 5) is 17.5. The Kier molecular flexibility index (Phi) is 7.97. The van der Waals surface area contributed by atoms with E-state index in [4.69, 9.17) is 16.3 Å². The van der Waals surface area contributed by atoms with E-state index in [2.05, 4.69) is 9.71 Å². The summed E-state index contributed by atoms with van der Waals surface area (Å²) < 4.78 is 33.7. The highest BCUT2D eigenvalue weighted by molar-refractivity contribution is 7.89. The maximum atomic E-state index is 12.8. The Morgan fingerprint density at radius 1 is 1.14 bits per heavy atom. The molecular weight excluding hydrogens is 498 g/mol. The van der Waals surface area contributed by atoms with E-state index in [0.29, 0.717) is 31.1 Å². The van der Waals surface area contributed by atoms with E-state index in [0.717, 1.165) is 41.3 Å². The first-order valence-corrected chi connectivity index (χ1v) is 14.2. The maximum absolute atomic E-state index is 12.8. The van der Waals surface area contributed by atoms with E-state index in [1.807, 2.05) is 57.3 Å². The maximum Gasteiger partial charge on any atom is 0.410 e. The summed E-state index contributed by atoms with van der Waals surface area (Å²) in [5, 5.41) is 1.75. The molecule has 0 spiro atoms. The first-order chi connectivity index (χ1) is 17.0. The van der Waals surface area contributed by atoms with Crippen LogP contribution in [-0.4, -0.2) is 49.6 Å². The Hall–Kier alpha value is -2.55. The third-order valence-corrected chi connectivity index (χ3v) is 8.16. The van der Waals surface area contributed by atoms with Gasteiger partial charge in [-0.05, 0) is 93.8 Å². The largest absolute Gasteiger partial charge is 0.444 e. The summed E-state index contributed by atoms with van der Waals surface area (Å²) in [5.41, 5.74) is 2.73. The van der Waals surface area contributed by atoms with Crippen LogP contribution in [0.4, 0.5) is 4.79 Å². The second kappa shape index (κ2) is 10.8. The van der Waals surface area contributed by atoms with E-state index in [9.17, 15) is 13.2 Å². The number of H-pyrrole nitrogens is 1. The number of benzene rings is 2. The molecule has 1 aliphatic rings. The number of carbonyl (C=O) groups is 1. The van der Waals surface area contributed by atoms with E-state index in [1.165, 1.54) is 0 Å². The number of hydrogen-bond donors (Lipinski definition) is 2. The highest BCUT2D eigenvalue weighted by Gasteiger charge is 2.27. The molecule has 7 nitrogen and oxygen atoms in total. The van der Waals surface area contributed by atoms with Gasteiger partial charge in [0, 0.05) is 41.8 Å². The van der Waals surface area contributed by atoms with Crippen molar-refractivity contribution >= 4 is 38.6 Å². The quantitative estimate of drug-likeness (QED) is 0.374. The minimum Gasteiger partial charge on any atom is -0.444 e. The molecule has 2 aromatic carbocycles. The molecule has 1 amide bonds. The van der Waals surface area contributed by atoms with Gasteiger partial charge in [0.05, 0.1) is 4.90 Å². The Bertz CT molecular complexity index is 1310. The molecule has 1 fully saturated rings. The lowest BCUT2D eigenvalue weighted by molar-refractivity contribution is 0.0205. The number of aromatic amines is 1. The lowest BCUT2D eigenvalue weighted by atomic mass is 9.90. The Balaban J connectivity index is 1.27. The molecule has 2 N–H and O–H groups in total. The van der Waals surface area contributed by atoms with E-state index in [-0.39, 0.29) is 16.9 Å². The lowest BCUT2D eigenvalue weighted by Crippen LogP contribution is -2.41. The number of nitrogens with zero attached hydrogens (tertiary/aromatic N) is 1. The number of piperidine rings is 1. The third kappa shape index (κ3) is 6.60. The monoisotopic (exact) mass is 531 g/mol. The first-order valence-electron chi connectivity index (χ1n) is 12.3. The standard InChI is InChI=1S/C27H34ClN3O4S/c1-27(2,3)35-26(32)31-15-12-20(13-16-31)19-6-9-23(10-7-19)36(33,34)30-14-4-5-21-18-29-25-11-8-22(28)17-24(21)25/h6-11,17-18,20,29-30H,4-5,12-16H2,1-3H3. The molecule has 0 atom stereocenters. The average Bonchev–Trinajstić information content (AvgIpc) is 3.23. The second-order valence-corrected chi connectivity index (χ2v) is 12.5. The predicted octanol–water partition coefficient (Wildman–Crippen LogP) is 5.85. The molecule has 36 heavy (non-hydrogen) atoms. The van der Waals surface area contributed by atoms with Gasteiger partial charge in [0.1, 0.15) is 5.60 Å². The van der Waals surface area contributed by atoms with Crippen LogP contribution < -0.4 is 4.72 Å². The van der Waals surface area contributed by atoms with Crippen LogP contribution in [0.5, 0.6) is 0 Å². The van der Waals surface area contributed by atoms with Crippen LogP contribution in [0.1, 0.15) is 57.1 Å². The number of halogens is 1. The fourth-order valence-corrected chi connectivity index (χ4v) is 5.81. The molecule has 3 aromatic rings. The third-order valence-electron chi connectivity index (χ3n) is 6.45. The molecule has 0 radical (unpaired) electrons. The number of amides is 1. The summed E-state index contributed by atoms with van der Waals surface area (Å²) >= 11 is 6.11. The van der Waals surface area contributed by atoms with Crippen LogP contribution >= 0.6 is 11.6 Å². The minimum atomic E-state index is -3.58. The van der Waals surface area contributed by atoms with E-state index < -0.39 is 15.6 Å². The molecule has 1 aromatic heterocycles. The SMILES string of the molecule is CC(C)(C)OC(=O)N1CCC(c2ccc(S(=O)(=O)NCCCc3c[nH]c4ccc(Cl)cc34)cc2)CC1. The summed E-state index contributed by atoms with van der Waals surface area (Å²) in [7, 11) is -3.58. The van der Waals surface area contributed by atoms with Gasteiger partial charge in [-0.25, -0.2) is 17.9 Å². The molecule has 4 rings (SSSR count). The van der Waals surface area contributed by atoms with Gasteiger partial charge in [-0.1, -0.05) is 23.7 Å². The highest BCUT2D eigenvalue weighted by Crippen LogP contribution is 2.29. The van der Waals surface area contributed by atoms with Gasteiger partial charge in [0.25, 0.3) is 0 Å². The second-order valence-electron chi connectivity index (χ2n) is 10.3. The number of fused-ring (bicyclic) bond motifs is 1. The van der Waals surface area contributed by atoms with Gasteiger partial charge < -0.3 is 14.6 Å². The number of hydrogen-bond acceptors (Lipinski definition) is 4. The van der Waals surface area contributed by atoms with Crippen molar-refractivity contribution < 1.29 is 17.9 Å². The molecule has 1 aliphatic heterocycles. The van der Waals surface area contributed by atoms with Crippen LogP contribution in [0.2, 0.25) is 5.02 Å². The Morgan fingerprint density at radius 2 is 1.83 bits per heavy atom. The number of nitrogens with one attached hydrogen (secondary N) is 2. The fourth-order valence-electron chi connectivity index (χ4n) is 4.57. The van der Waals surface area contributed by atoms with E-state index >= 15 is 0 Å². The van der Waals surface area contributed by atoms with E-state index in [1.54, 1.807) is 17.0 Å². The van der Waals surface area contributed by atoms with Crippen LogP contribution in [0.3, 0.4) is 0 Å². The minimum absolute atomic E-state index is 0.260. The molecule has 194 valence electrons. The number of ether oxygens (including phenoxy) is 1. The Morgan fingerprint density at radius 3 is 2.50 bits per heavy atom. The van der Waals surface area contributed by atoms with Crippen molar-refractivity contribution in [3.8, 4) is 0 Å². The van der Waals surface area contributed by atoms with Gasteiger partial charge in [-0.3, -0.25) is 0 Å². The van der Waals surface area contributed by atoms with Crippen LogP contribution in [-0.2, 0) is 21.2 Å². The number of sulfonamides is 1. The van der Waals surface area contributed by atoms with Crippen LogP contribution in [0.25, 0.3) is 10.9 Å². The lowest BCUT2D eigenvalue weighted by Gasteiger charge is -2.33. The summed E-state index contributed by atoms with van der Waals surface area (Å²) in [6, 6.07) is 12.8. The van der Waals surface area contributed by atoms with Gasteiger partial charge in [-0.2, -0.15) is 0 Å². The zero-order valence-electron chi connectivity index (χ0n) is 21.0. The Labute approximate surface area is 218 Å². The number of rotatable bonds is 7. The number of carbonyl (C=O) groups excluding carboxylic acids is 1. The predicted molar refractivity (Wildman–Crippen MR) is 143 cm³/mol. The van der Waals surface area contributed by atoms with Crippen LogP contribution in [0.15, 0.2) is 53.6 Å². The molecule has 0 saturated carbocycles. The average molecular weight is 532 g/mol. The molecule has 0 unspecified atom stereocenters.